The van der Waals surface area contributed by atoms with E-state index in [2.05, 4.69) is 10.3 Å². The third-order valence-corrected chi connectivity index (χ3v) is 5.53. The number of hydrogen-bond donors (Lipinski definition) is 1. The first-order chi connectivity index (χ1) is 13.1. The van der Waals surface area contributed by atoms with Crippen LogP contribution in [0.3, 0.4) is 0 Å². The molecule has 3 aromatic rings. The Balaban J connectivity index is 1.71. The maximum Gasteiger partial charge on any atom is 0.263 e. The lowest BCUT2D eigenvalue weighted by Gasteiger charge is -2.13. The van der Waals surface area contributed by atoms with Crippen LogP contribution >= 0.6 is 0 Å². The molecule has 1 aliphatic carbocycles. The Morgan fingerprint density at radius 1 is 1.19 bits per heavy atom. The van der Waals surface area contributed by atoms with Gasteiger partial charge in [0.25, 0.3) is 5.56 Å². The Morgan fingerprint density at radius 2 is 1.89 bits per heavy atom. The summed E-state index contributed by atoms with van der Waals surface area (Å²) in [7, 11) is 0. The zero-order valence-corrected chi connectivity index (χ0v) is 15.7. The fourth-order valence-electron chi connectivity index (χ4n) is 3.99. The van der Waals surface area contributed by atoms with Crippen molar-refractivity contribution in [2.24, 2.45) is 0 Å². The second-order valence-corrected chi connectivity index (χ2v) is 7.31. The smallest absolute Gasteiger partial charge is 0.263 e. The number of nitrogens with zero attached hydrogens (tertiary/aromatic N) is 3. The van der Waals surface area contributed by atoms with E-state index in [0.717, 1.165) is 42.6 Å². The minimum atomic E-state index is -0.170. The molecule has 1 aromatic carbocycles. The standard InChI is InChI=1S/C21H24N4O2/c1-14-15(2)25(17-10-4-3-5-11-17)20-19(14)21(27)24(13-22-20)12-18(26)23-16-8-6-7-9-16/h3-5,10-11,13,16H,6-9,12H2,1-2H3,(H,23,26). The van der Waals surface area contributed by atoms with Crippen LogP contribution in [0.25, 0.3) is 16.7 Å². The number of hydrogen-bond acceptors (Lipinski definition) is 3. The number of aromatic nitrogens is 3. The van der Waals surface area contributed by atoms with Gasteiger partial charge < -0.3 is 5.32 Å². The van der Waals surface area contributed by atoms with Crippen LogP contribution < -0.4 is 10.9 Å². The molecule has 1 amide bonds. The lowest BCUT2D eigenvalue weighted by molar-refractivity contribution is -0.122. The first kappa shape index (κ1) is 17.5. The Morgan fingerprint density at radius 3 is 2.59 bits per heavy atom. The fourth-order valence-corrected chi connectivity index (χ4v) is 3.99. The molecule has 27 heavy (non-hydrogen) atoms. The Kier molecular flexibility index (Phi) is 4.56. The van der Waals surface area contributed by atoms with Crippen LogP contribution in [0, 0.1) is 13.8 Å². The molecule has 0 bridgehead atoms. The highest BCUT2D eigenvalue weighted by Gasteiger charge is 2.20. The van der Waals surface area contributed by atoms with Crippen LogP contribution in [0.1, 0.15) is 36.9 Å². The predicted octanol–water partition coefficient (Wildman–Crippen LogP) is 2.86. The van der Waals surface area contributed by atoms with Crippen molar-refractivity contribution in [3.8, 4) is 5.69 Å². The monoisotopic (exact) mass is 364 g/mol. The molecular formula is C21H24N4O2. The van der Waals surface area contributed by atoms with Crippen LogP contribution in [-0.4, -0.2) is 26.1 Å². The van der Waals surface area contributed by atoms with Crippen LogP contribution in [-0.2, 0) is 11.3 Å². The van der Waals surface area contributed by atoms with Crippen molar-refractivity contribution >= 4 is 16.9 Å². The van der Waals surface area contributed by atoms with Gasteiger partial charge in [0, 0.05) is 17.4 Å². The molecule has 1 aliphatic rings. The van der Waals surface area contributed by atoms with E-state index in [9.17, 15) is 9.59 Å². The highest BCUT2D eigenvalue weighted by atomic mass is 16.2. The van der Waals surface area contributed by atoms with Crippen molar-refractivity contribution in [3.05, 3.63) is 58.3 Å². The summed E-state index contributed by atoms with van der Waals surface area (Å²) in [4.78, 5) is 29.9. The van der Waals surface area contributed by atoms with Crippen molar-refractivity contribution in [3.63, 3.8) is 0 Å². The molecule has 4 rings (SSSR count). The number of para-hydroxylation sites is 1. The van der Waals surface area contributed by atoms with Gasteiger partial charge in [0.05, 0.1) is 5.39 Å². The summed E-state index contributed by atoms with van der Waals surface area (Å²) in [6.45, 7) is 3.93. The van der Waals surface area contributed by atoms with Crippen LogP contribution in [0.2, 0.25) is 0 Å². The second kappa shape index (κ2) is 7.02. The normalized spacial score (nSPS) is 14.7. The molecule has 6 nitrogen and oxygen atoms in total. The molecule has 2 heterocycles. The van der Waals surface area contributed by atoms with E-state index in [1.807, 2.05) is 48.7 Å². The topological polar surface area (TPSA) is 68.9 Å². The fraction of sp³-hybridized carbons (Fsp3) is 0.381. The van der Waals surface area contributed by atoms with Gasteiger partial charge in [-0.1, -0.05) is 31.0 Å². The Hall–Kier alpha value is -2.89. The first-order valence-electron chi connectivity index (χ1n) is 9.48. The molecule has 6 heteroatoms. The average Bonchev–Trinajstić information content (AvgIpc) is 3.25. The molecule has 1 fully saturated rings. The van der Waals surface area contributed by atoms with E-state index < -0.39 is 0 Å². The number of aryl methyl sites for hydroxylation is 1. The van der Waals surface area contributed by atoms with Crippen molar-refractivity contribution in [1.29, 1.82) is 0 Å². The third-order valence-electron chi connectivity index (χ3n) is 5.53. The summed E-state index contributed by atoms with van der Waals surface area (Å²) in [6, 6.07) is 10.1. The molecule has 1 saturated carbocycles. The molecule has 0 saturated heterocycles. The number of amides is 1. The van der Waals surface area contributed by atoms with E-state index in [4.69, 9.17) is 0 Å². The van der Waals surface area contributed by atoms with Gasteiger partial charge in [-0.3, -0.25) is 18.7 Å². The zero-order chi connectivity index (χ0) is 19.0. The summed E-state index contributed by atoms with van der Waals surface area (Å²) in [5.41, 5.74) is 3.31. The van der Waals surface area contributed by atoms with Gasteiger partial charge in [-0.05, 0) is 44.4 Å². The molecule has 0 aliphatic heterocycles. The highest BCUT2D eigenvalue weighted by Crippen LogP contribution is 2.24. The SMILES string of the molecule is Cc1c(C)n(-c2ccccc2)c2ncn(CC(=O)NC3CCCC3)c(=O)c12. The minimum Gasteiger partial charge on any atom is -0.352 e. The van der Waals surface area contributed by atoms with E-state index in [1.165, 1.54) is 10.9 Å². The predicted molar refractivity (Wildman–Crippen MR) is 105 cm³/mol. The van der Waals surface area contributed by atoms with E-state index in [1.54, 1.807) is 0 Å². The molecular weight excluding hydrogens is 340 g/mol. The molecule has 140 valence electrons. The number of carbonyl (C=O) groups is 1. The van der Waals surface area contributed by atoms with Gasteiger partial charge in [-0.25, -0.2) is 4.98 Å². The van der Waals surface area contributed by atoms with Crippen molar-refractivity contribution in [2.75, 3.05) is 0 Å². The summed E-state index contributed by atoms with van der Waals surface area (Å²) in [6.07, 6.45) is 5.84. The van der Waals surface area contributed by atoms with Gasteiger partial charge in [-0.15, -0.1) is 0 Å². The molecule has 1 N–H and O–H groups in total. The summed E-state index contributed by atoms with van der Waals surface area (Å²) in [5, 5.41) is 3.60. The number of benzene rings is 1. The largest absolute Gasteiger partial charge is 0.352 e. The molecule has 0 spiro atoms. The van der Waals surface area contributed by atoms with Gasteiger partial charge in [-0.2, -0.15) is 0 Å². The Bertz CT molecular complexity index is 1040. The van der Waals surface area contributed by atoms with Crippen LogP contribution in [0.4, 0.5) is 0 Å². The number of carbonyl (C=O) groups excluding carboxylic acids is 1. The van der Waals surface area contributed by atoms with Gasteiger partial charge >= 0.3 is 0 Å². The molecule has 0 atom stereocenters. The lowest BCUT2D eigenvalue weighted by Crippen LogP contribution is -2.37. The minimum absolute atomic E-state index is 0.00722. The summed E-state index contributed by atoms with van der Waals surface area (Å²) in [5.74, 6) is -0.123. The van der Waals surface area contributed by atoms with Crippen molar-refractivity contribution < 1.29 is 4.79 Å². The van der Waals surface area contributed by atoms with Crippen LogP contribution in [0.5, 0.6) is 0 Å². The second-order valence-electron chi connectivity index (χ2n) is 7.31. The van der Waals surface area contributed by atoms with E-state index in [0.29, 0.717) is 11.0 Å². The van der Waals surface area contributed by atoms with Crippen molar-refractivity contribution in [2.45, 2.75) is 52.1 Å². The first-order valence-corrected chi connectivity index (χ1v) is 9.48. The van der Waals surface area contributed by atoms with Gasteiger partial charge in [0.15, 0.2) is 5.65 Å². The highest BCUT2D eigenvalue weighted by molar-refractivity contribution is 5.83. The maximum atomic E-state index is 13.0. The van der Waals surface area contributed by atoms with E-state index >= 15 is 0 Å². The lowest BCUT2D eigenvalue weighted by atomic mass is 10.2. The Labute approximate surface area is 157 Å². The maximum absolute atomic E-state index is 13.0. The summed E-state index contributed by atoms with van der Waals surface area (Å²) < 4.78 is 3.41. The molecule has 0 unspecified atom stereocenters. The van der Waals surface area contributed by atoms with Gasteiger partial charge in [0.2, 0.25) is 5.91 Å². The number of rotatable bonds is 4. The third kappa shape index (κ3) is 3.16. The van der Waals surface area contributed by atoms with Crippen molar-refractivity contribution in [1.82, 2.24) is 19.4 Å². The molecule has 0 radical (unpaired) electrons. The van der Waals surface area contributed by atoms with E-state index in [-0.39, 0.29) is 24.1 Å². The quantitative estimate of drug-likeness (QED) is 0.774. The summed E-state index contributed by atoms with van der Waals surface area (Å²) >= 11 is 0. The van der Waals surface area contributed by atoms with Crippen LogP contribution in [0.15, 0.2) is 41.5 Å². The number of fused-ring (bicyclic) bond motifs is 1. The number of nitrogens with one attached hydrogen (secondary N) is 1. The van der Waals surface area contributed by atoms with Gasteiger partial charge in [0.1, 0.15) is 12.9 Å². The molecule has 2 aromatic heterocycles. The zero-order valence-electron chi connectivity index (χ0n) is 15.7. The average molecular weight is 364 g/mol.